The van der Waals surface area contributed by atoms with Gasteiger partial charge in [-0.15, -0.1) is 12.3 Å². The van der Waals surface area contributed by atoms with E-state index in [9.17, 15) is 13.2 Å². The Bertz CT molecular complexity index is 434. The summed E-state index contributed by atoms with van der Waals surface area (Å²) >= 11 is 1.39. The molecule has 0 radical (unpaired) electrons. The van der Waals surface area contributed by atoms with E-state index in [1.165, 1.54) is 11.8 Å². The lowest BCUT2D eigenvalue weighted by atomic mass is 10.1. The van der Waals surface area contributed by atoms with Crippen LogP contribution in [0.2, 0.25) is 0 Å². The molecule has 1 rings (SSSR count). The molecule has 5 nitrogen and oxygen atoms in total. The van der Waals surface area contributed by atoms with Crippen molar-refractivity contribution < 1.29 is 21.8 Å². The maximum absolute atomic E-state index is 11.8. The lowest BCUT2D eigenvalue weighted by Crippen LogP contribution is -2.20. The average molecular weight is 337 g/mol. The first-order valence-electron chi connectivity index (χ1n) is 7.53. The minimum absolute atomic E-state index is 0.000209. The maximum Gasteiger partial charge on any atom is 0.496 e. The van der Waals surface area contributed by atoms with Gasteiger partial charge in [0, 0.05) is 18.6 Å². The van der Waals surface area contributed by atoms with E-state index in [0.717, 1.165) is 31.4 Å². The van der Waals surface area contributed by atoms with Crippen LogP contribution in [-0.2, 0) is 23.5 Å². The van der Waals surface area contributed by atoms with Gasteiger partial charge in [-0.05, 0) is 31.0 Å². The van der Waals surface area contributed by atoms with Gasteiger partial charge in [0.15, 0.2) is 6.61 Å². The molecule has 1 aliphatic rings. The quantitative estimate of drug-likeness (QED) is 0.452. The zero-order valence-corrected chi connectivity index (χ0v) is 14.3. The third-order valence-electron chi connectivity index (χ3n) is 3.09. The molecule has 0 spiro atoms. The van der Waals surface area contributed by atoms with Gasteiger partial charge in [0.05, 0.1) is 6.61 Å². The molecule has 0 aromatic heterocycles. The fourth-order valence-corrected chi connectivity index (χ4v) is 3.99. The van der Waals surface area contributed by atoms with Gasteiger partial charge in [0.1, 0.15) is 11.5 Å². The van der Waals surface area contributed by atoms with Crippen LogP contribution in [0.5, 0.6) is 0 Å². The Morgan fingerprint density at radius 1 is 1.24 bits per heavy atom. The first-order chi connectivity index (χ1) is 10.0. The van der Waals surface area contributed by atoms with E-state index >= 15 is 0 Å². The van der Waals surface area contributed by atoms with E-state index in [4.69, 9.17) is 8.61 Å². The first kappa shape index (κ1) is 18.6. The molecule has 0 aliphatic carbocycles. The third-order valence-corrected chi connectivity index (χ3v) is 5.33. The Labute approximate surface area is 131 Å². The van der Waals surface area contributed by atoms with E-state index in [1.54, 1.807) is 0 Å². The summed E-state index contributed by atoms with van der Waals surface area (Å²) in [5.41, 5.74) is 0. The van der Waals surface area contributed by atoms with Crippen LogP contribution in [0, 0.1) is 0 Å². The monoisotopic (exact) mass is 337 g/mol. The summed E-state index contributed by atoms with van der Waals surface area (Å²) in [4.78, 5) is 11.5. The van der Waals surface area contributed by atoms with Gasteiger partial charge in [0.2, 0.25) is 0 Å². The molecule has 1 saturated heterocycles. The molecule has 0 bridgehead atoms. The zero-order valence-electron chi connectivity index (χ0n) is 12.6. The van der Waals surface area contributed by atoms with E-state index in [-0.39, 0.29) is 18.1 Å². The van der Waals surface area contributed by atoms with Crippen LogP contribution in [0.1, 0.15) is 51.9 Å². The molecule has 0 aromatic carbocycles. The molecule has 0 saturated carbocycles. The van der Waals surface area contributed by atoms with E-state index < -0.39 is 10.1 Å². The van der Waals surface area contributed by atoms with Crippen molar-refractivity contribution in [2.24, 2.45) is 0 Å². The Morgan fingerprint density at radius 3 is 2.67 bits per heavy atom. The molecule has 1 aliphatic heterocycles. The van der Waals surface area contributed by atoms with Gasteiger partial charge in [-0.1, -0.05) is 19.8 Å². The molecule has 0 aromatic rings. The summed E-state index contributed by atoms with van der Waals surface area (Å²) in [7, 11) is -3.52. The summed E-state index contributed by atoms with van der Waals surface area (Å²) in [6.07, 6.45) is 5.20. The standard InChI is InChI=1S/C14H25O5S2/c1-2-3-7-13(15)8-5-4-6-11-21(16,17)19-14-12-18-9-10-20-14/h2-12H2,1H3/q+1. The molecule has 0 amide bonds. The van der Waals surface area contributed by atoms with Crippen LogP contribution in [-0.4, -0.2) is 44.0 Å². The van der Waals surface area contributed by atoms with Gasteiger partial charge < -0.3 is 4.74 Å². The first-order valence-corrected chi connectivity index (χ1v) is 10.1. The molecule has 1 fully saturated rings. The number of unbranched alkanes of at least 4 members (excludes halogenated alkanes) is 3. The summed E-state index contributed by atoms with van der Waals surface area (Å²) in [6.45, 7) is 2.94. The molecule has 0 unspecified atom stereocenters. The summed E-state index contributed by atoms with van der Waals surface area (Å²) in [5.74, 6) is 1.01. The molecule has 7 heteroatoms. The highest BCUT2D eigenvalue weighted by atomic mass is 32.2. The zero-order chi connectivity index (χ0) is 15.6. The molecular formula is C14H25O5S2+. The minimum Gasteiger partial charge on any atom is -0.366 e. The van der Waals surface area contributed by atoms with E-state index in [0.29, 0.717) is 31.0 Å². The van der Waals surface area contributed by atoms with Crippen LogP contribution < -0.4 is 0 Å². The number of thioether (sulfide) groups is 1. The van der Waals surface area contributed by atoms with Crippen LogP contribution in [0.3, 0.4) is 0 Å². The number of ketones is 1. The second kappa shape index (κ2) is 10.3. The Hall–Kier alpha value is -0.400. The molecule has 122 valence electrons. The molecule has 0 atom stereocenters. The second-order valence-electron chi connectivity index (χ2n) is 5.07. The Kier molecular flexibility index (Phi) is 9.19. The maximum atomic E-state index is 11.8. The van der Waals surface area contributed by atoms with Gasteiger partial charge >= 0.3 is 15.2 Å². The third kappa shape index (κ3) is 9.26. The van der Waals surface area contributed by atoms with Gasteiger partial charge in [-0.3, -0.25) is 4.79 Å². The van der Waals surface area contributed by atoms with Crippen molar-refractivity contribution in [3.8, 4) is 0 Å². The van der Waals surface area contributed by atoms with Crippen molar-refractivity contribution in [3.05, 3.63) is 0 Å². The molecule has 21 heavy (non-hydrogen) atoms. The fourth-order valence-electron chi connectivity index (χ4n) is 1.92. The Morgan fingerprint density at radius 2 is 2.00 bits per heavy atom. The highest BCUT2D eigenvalue weighted by molar-refractivity contribution is 8.14. The van der Waals surface area contributed by atoms with Crippen molar-refractivity contribution in [2.75, 3.05) is 24.7 Å². The van der Waals surface area contributed by atoms with Crippen LogP contribution in [0.15, 0.2) is 0 Å². The van der Waals surface area contributed by atoms with Crippen LogP contribution in [0.4, 0.5) is 0 Å². The fraction of sp³-hybridized carbons (Fsp3) is 0.857. The van der Waals surface area contributed by atoms with Gasteiger partial charge in [0.25, 0.3) is 0 Å². The molecular weight excluding hydrogens is 312 g/mol. The van der Waals surface area contributed by atoms with Crippen molar-refractivity contribution >= 4 is 32.8 Å². The SMILES string of the molecule is CCCCC(=O)CCCCCS(=O)(=O)[O+]=C1COCCS1. The predicted octanol–water partition coefficient (Wildman–Crippen LogP) is 2.46. The van der Waals surface area contributed by atoms with Gasteiger partial charge in [-0.2, -0.15) is 0 Å². The van der Waals surface area contributed by atoms with E-state index in [1.807, 2.05) is 0 Å². The minimum atomic E-state index is -3.52. The lowest BCUT2D eigenvalue weighted by molar-refractivity contribution is -0.267. The largest absolute Gasteiger partial charge is 0.496 e. The van der Waals surface area contributed by atoms with Crippen molar-refractivity contribution in [2.45, 2.75) is 51.9 Å². The number of rotatable bonds is 10. The highest BCUT2D eigenvalue weighted by Crippen LogP contribution is 2.11. The highest BCUT2D eigenvalue weighted by Gasteiger charge is 2.27. The molecule has 1 heterocycles. The average Bonchev–Trinajstić information content (AvgIpc) is 2.45. The number of Topliss-reactive ketones (excluding diaryl/α,β-unsaturated/α-hetero) is 1. The van der Waals surface area contributed by atoms with Gasteiger partial charge in [-0.25, -0.2) is 0 Å². The number of carbonyl (C=O) groups is 1. The predicted molar refractivity (Wildman–Crippen MR) is 85.1 cm³/mol. The van der Waals surface area contributed by atoms with Crippen LogP contribution >= 0.6 is 11.8 Å². The number of hydrogen-bond acceptors (Lipinski definition) is 5. The number of carbonyl (C=O) groups excluding carboxylic acids is 2. The smallest absolute Gasteiger partial charge is 0.366 e. The molecule has 0 N–H and O–H groups in total. The second-order valence-corrected chi connectivity index (χ2v) is 7.91. The van der Waals surface area contributed by atoms with Crippen molar-refractivity contribution in [3.63, 3.8) is 0 Å². The number of hydrogen-bond donors (Lipinski definition) is 0. The normalized spacial score (nSPS) is 18.0. The topological polar surface area (TPSA) is 71.7 Å². The summed E-state index contributed by atoms with van der Waals surface area (Å²) < 4.78 is 33.7. The summed E-state index contributed by atoms with van der Waals surface area (Å²) in [5, 5.41) is 0.427. The number of ether oxygens (including phenoxy) is 1. The van der Waals surface area contributed by atoms with Crippen molar-refractivity contribution in [1.29, 1.82) is 0 Å². The Balaban J connectivity index is 2.17. The van der Waals surface area contributed by atoms with Crippen molar-refractivity contribution in [1.82, 2.24) is 0 Å². The van der Waals surface area contributed by atoms with Crippen LogP contribution in [0.25, 0.3) is 0 Å². The lowest BCUT2D eigenvalue weighted by Gasteiger charge is -2.04. The van der Waals surface area contributed by atoms with E-state index in [2.05, 4.69) is 6.92 Å². The summed E-state index contributed by atoms with van der Waals surface area (Å²) in [6, 6.07) is 0.